The van der Waals surface area contributed by atoms with Crippen LogP contribution in [0.3, 0.4) is 0 Å². The zero-order valence-electron chi connectivity index (χ0n) is 15.2. The summed E-state index contributed by atoms with van der Waals surface area (Å²) < 4.78 is 0. The Bertz CT molecular complexity index is 578. The molecular weight excluding hydrogens is 332 g/mol. The van der Waals surface area contributed by atoms with E-state index in [4.69, 9.17) is 0 Å². The van der Waals surface area contributed by atoms with E-state index >= 15 is 0 Å². The maximum atomic E-state index is 11.9. The molecule has 0 radical (unpaired) electrons. The molecule has 1 aliphatic heterocycles. The molecular formula is C19H30N4OS. The Morgan fingerprint density at radius 2 is 2.04 bits per heavy atom. The number of thiophene rings is 1. The lowest BCUT2D eigenvalue weighted by Gasteiger charge is -2.33. The van der Waals surface area contributed by atoms with Crippen LogP contribution in [-0.2, 0) is 0 Å². The van der Waals surface area contributed by atoms with Gasteiger partial charge in [-0.05, 0) is 42.5 Å². The maximum Gasteiger partial charge on any atom is 0.261 e. The van der Waals surface area contributed by atoms with Gasteiger partial charge in [0.05, 0.1) is 4.88 Å². The van der Waals surface area contributed by atoms with E-state index in [1.54, 1.807) is 0 Å². The fourth-order valence-electron chi connectivity index (χ4n) is 4.14. The highest BCUT2D eigenvalue weighted by molar-refractivity contribution is 7.12. The van der Waals surface area contributed by atoms with Crippen LogP contribution in [0.4, 0.5) is 0 Å². The van der Waals surface area contributed by atoms with E-state index in [1.807, 2.05) is 24.6 Å². The van der Waals surface area contributed by atoms with Gasteiger partial charge in [-0.15, -0.1) is 11.3 Å². The molecule has 1 aliphatic carbocycles. The molecule has 0 bridgehead atoms. The van der Waals surface area contributed by atoms with Crippen molar-refractivity contribution in [2.75, 3.05) is 33.2 Å². The quantitative estimate of drug-likeness (QED) is 0.481. The summed E-state index contributed by atoms with van der Waals surface area (Å²) in [5.41, 5.74) is 0.546. The van der Waals surface area contributed by atoms with Gasteiger partial charge in [0.15, 0.2) is 5.96 Å². The van der Waals surface area contributed by atoms with Crippen molar-refractivity contribution in [3.63, 3.8) is 0 Å². The summed E-state index contributed by atoms with van der Waals surface area (Å²) in [4.78, 5) is 19.6. The SMILES string of the molecule is CN=C(NCCCNC(=O)c1cccs1)N1CCC2(CCCCC2)C1. The maximum absolute atomic E-state index is 11.9. The summed E-state index contributed by atoms with van der Waals surface area (Å²) in [5.74, 6) is 1.05. The van der Waals surface area contributed by atoms with Gasteiger partial charge < -0.3 is 15.5 Å². The zero-order chi connectivity index (χ0) is 17.5. The number of rotatable bonds is 5. The molecule has 1 spiro atoms. The van der Waals surface area contributed by atoms with Crippen LogP contribution >= 0.6 is 11.3 Å². The van der Waals surface area contributed by atoms with E-state index in [9.17, 15) is 4.79 Å². The number of nitrogens with zero attached hydrogens (tertiary/aromatic N) is 2. The van der Waals surface area contributed by atoms with Gasteiger partial charge in [-0.1, -0.05) is 25.3 Å². The number of nitrogens with one attached hydrogen (secondary N) is 2. The average Bonchev–Trinajstić information content (AvgIpc) is 3.29. The third kappa shape index (κ3) is 4.75. The average molecular weight is 363 g/mol. The van der Waals surface area contributed by atoms with E-state index < -0.39 is 0 Å². The second-order valence-corrected chi connectivity index (χ2v) is 8.24. The summed E-state index contributed by atoms with van der Waals surface area (Å²) in [5, 5.41) is 8.37. The Labute approximate surface area is 154 Å². The molecule has 0 atom stereocenters. The number of guanidine groups is 1. The first kappa shape index (κ1) is 18.2. The number of aliphatic imine (C=N–C) groups is 1. The summed E-state index contributed by atoms with van der Waals surface area (Å²) in [6, 6.07) is 3.76. The topological polar surface area (TPSA) is 56.7 Å². The second-order valence-electron chi connectivity index (χ2n) is 7.29. The standard InChI is InChI=1S/C19H30N4OS/c1-20-18(23-13-10-19(15-23)8-3-2-4-9-19)22-12-6-11-21-17(24)16-7-5-14-25-16/h5,7,14H,2-4,6,8-13,15H2,1H3,(H,20,22)(H,21,24). The molecule has 138 valence electrons. The van der Waals surface area contributed by atoms with Crippen LogP contribution in [0, 0.1) is 5.41 Å². The first-order valence-corrected chi connectivity index (χ1v) is 10.4. The molecule has 6 heteroatoms. The number of hydrogen-bond acceptors (Lipinski definition) is 3. The van der Waals surface area contributed by atoms with Gasteiger partial charge >= 0.3 is 0 Å². The molecule has 5 nitrogen and oxygen atoms in total. The molecule has 2 heterocycles. The van der Waals surface area contributed by atoms with E-state index in [0.717, 1.165) is 36.9 Å². The van der Waals surface area contributed by atoms with Gasteiger partial charge in [-0.3, -0.25) is 9.79 Å². The highest BCUT2D eigenvalue weighted by atomic mass is 32.1. The van der Waals surface area contributed by atoms with Gasteiger partial charge in [0, 0.05) is 33.2 Å². The molecule has 1 aromatic rings. The van der Waals surface area contributed by atoms with Crippen LogP contribution in [0.15, 0.2) is 22.5 Å². The van der Waals surface area contributed by atoms with Crippen molar-refractivity contribution in [1.29, 1.82) is 0 Å². The zero-order valence-corrected chi connectivity index (χ0v) is 16.0. The van der Waals surface area contributed by atoms with Crippen LogP contribution in [0.2, 0.25) is 0 Å². The predicted octanol–water partition coefficient (Wildman–Crippen LogP) is 3.10. The number of hydrogen-bond donors (Lipinski definition) is 2. The van der Waals surface area contributed by atoms with E-state index in [-0.39, 0.29) is 5.91 Å². The summed E-state index contributed by atoms with van der Waals surface area (Å²) in [6.07, 6.45) is 9.17. The third-order valence-corrected chi connectivity index (χ3v) is 6.40. The predicted molar refractivity (Wildman–Crippen MR) is 104 cm³/mol. The number of amides is 1. The Kier molecular flexibility index (Phi) is 6.34. The van der Waals surface area contributed by atoms with Crippen LogP contribution in [0.5, 0.6) is 0 Å². The largest absolute Gasteiger partial charge is 0.356 e. The van der Waals surface area contributed by atoms with Crippen LogP contribution in [-0.4, -0.2) is 50.0 Å². The summed E-state index contributed by atoms with van der Waals surface area (Å²) in [6.45, 7) is 3.79. The number of carbonyl (C=O) groups excluding carboxylic acids is 1. The molecule has 1 aromatic heterocycles. The van der Waals surface area contributed by atoms with Crippen molar-refractivity contribution in [2.45, 2.75) is 44.9 Å². The Hall–Kier alpha value is -1.56. The molecule has 1 saturated carbocycles. The normalized spacial score (nSPS) is 20.0. The molecule has 25 heavy (non-hydrogen) atoms. The van der Waals surface area contributed by atoms with Crippen LogP contribution in [0.25, 0.3) is 0 Å². The Balaban J connectivity index is 1.36. The van der Waals surface area contributed by atoms with E-state index in [0.29, 0.717) is 12.0 Å². The van der Waals surface area contributed by atoms with Crippen molar-refractivity contribution >= 4 is 23.2 Å². The van der Waals surface area contributed by atoms with Crippen molar-refractivity contribution < 1.29 is 4.79 Å². The van der Waals surface area contributed by atoms with Crippen LogP contribution in [0.1, 0.15) is 54.6 Å². The van der Waals surface area contributed by atoms with Crippen molar-refractivity contribution in [3.05, 3.63) is 22.4 Å². The molecule has 2 aliphatic rings. The molecule has 1 amide bonds. The van der Waals surface area contributed by atoms with Crippen molar-refractivity contribution in [2.24, 2.45) is 10.4 Å². The van der Waals surface area contributed by atoms with Gasteiger partial charge in [-0.2, -0.15) is 0 Å². The molecule has 2 N–H and O–H groups in total. The highest BCUT2D eigenvalue weighted by Gasteiger charge is 2.39. The molecule has 1 saturated heterocycles. The molecule has 0 unspecified atom stereocenters. The molecule has 3 rings (SSSR count). The van der Waals surface area contributed by atoms with Gasteiger partial charge in [0.2, 0.25) is 0 Å². The van der Waals surface area contributed by atoms with E-state index in [2.05, 4.69) is 20.5 Å². The molecule has 0 aromatic carbocycles. The fourth-order valence-corrected chi connectivity index (χ4v) is 4.78. The number of carbonyl (C=O) groups is 1. The summed E-state index contributed by atoms with van der Waals surface area (Å²) in [7, 11) is 1.87. The second kappa shape index (κ2) is 8.70. The molecule has 2 fully saturated rings. The lowest BCUT2D eigenvalue weighted by Crippen LogP contribution is -2.42. The van der Waals surface area contributed by atoms with Crippen molar-refractivity contribution in [1.82, 2.24) is 15.5 Å². The third-order valence-electron chi connectivity index (χ3n) is 5.53. The minimum atomic E-state index is 0.0261. The first-order chi connectivity index (χ1) is 12.2. The first-order valence-electron chi connectivity index (χ1n) is 9.50. The Morgan fingerprint density at radius 1 is 1.24 bits per heavy atom. The lowest BCUT2D eigenvalue weighted by atomic mass is 9.73. The number of likely N-dealkylation sites (tertiary alicyclic amines) is 1. The van der Waals surface area contributed by atoms with Crippen LogP contribution < -0.4 is 10.6 Å². The minimum absolute atomic E-state index is 0.0261. The smallest absolute Gasteiger partial charge is 0.261 e. The lowest BCUT2D eigenvalue weighted by molar-refractivity contribution is 0.0957. The van der Waals surface area contributed by atoms with Gasteiger partial charge in [0.1, 0.15) is 0 Å². The monoisotopic (exact) mass is 362 g/mol. The van der Waals surface area contributed by atoms with Crippen molar-refractivity contribution in [3.8, 4) is 0 Å². The Morgan fingerprint density at radius 3 is 2.76 bits per heavy atom. The fraction of sp³-hybridized carbons (Fsp3) is 0.684. The highest BCUT2D eigenvalue weighted by Crippen LogP contribution is 2.43. The van der Waals surface area contributed by atoms with Gasteiger partial charge in [0.25, 0.3) is 5.91 Å². The van der Waals surface area contributed by atoms with Gasteiger partial charge in [-0.25, -0.2) is 0 Å². The summed E-state index contributed by atoms with van der Waals surface area (Å²) >= 11 is 1.48. The van der Waals surface area contributed by atoms with E-state index in [1.165, 1.54) is 49.9 Å². The minimum Gasteiger partial charge on any atom is -0.356 e.